The number of ether oxygens (including phenoxy) is 1. The number of carbonyl (C=O) groups excluding carboxylic acids is 2. The number of hydrogen-bond donors (Lipinski definition) is 1. The third-order valence-electron chi connectivity index (χ3n) is 4.51. The summed E-state index contributed by atoms with van der Waals surface area (Å²) in [4.78, 5) is 26.8. The predicted octanol–water partition coefficient (Wildman–Crippen LogP) is 5.35. The second-order valence-electron chi connectivity index (χ2n) is 7.88. The minimum absolute atomic E-state index is 0.254. The van der Waals surface area contributed by atoms with Crippen molar-refractivity contribution in [1.82, 2.24) is 4.90 Å². The fraction of sp³-hybridized carbons (Fsp3) is 0.364. The first kappa shape index (κ1) is 20.2. The molecule has 28 heavy (non-hydrogen) atoms. The molecule has 0 aromatic heterocycles. The molecule has 0 radical (unpaired) electrons. The smallest absolute Gasteiger partial charge is 0.410 e. The molecule has 1 saturated heterocycles. The van der Waals surface area contributed by atoms with Crippen LogP contribution >= 0.6 is 11.6 Å². The van der Waals surface area contributed by atoms with Crippen LogP contribution in [0.3, 0.4) is 0 Å². The van der Waals surface area contributed by atoms with Crippen LogP contribution in [0, 0.1) is 0 Å². The van der Waals surface area contributed by atoms with E-state index in [2.05, 4.69) is 5.32 Å². The summed E-state index contributed by atoms with van der Waals surface area (Å²) in [6.45, 7) is 5.94. The molecule has 2 aromatic carbocycles. The van der Waals surface area contributed by atoms with Crippen molar-refractivity contribution >= 4 is 29.3 Å². The van der Waals surface area contributed by atoms with Gasteiger partial charge in [-0.1, -0.05) is 48.0 Å². The van der Waals surface area contributed by atoms with Gasteiger partial charge in [0.2, 0.25) is 5.91 Å². The summed E-state index contributed by atoms with van der Waals surface area (Å²) >= 11 is 6.30. The third-order valence-corrected chi connectivity index (χ3v) is 4.84. The molecule has 2 amide bonds. The van der Waals surface area contributed by atoms with Gasteiger partial charge in [-0.2, -0.15) is 0 Å². The van der Waals surface area contributed by atoms with Crippen LogP contribution in [-0.4, -0.2) is 35.1 Å². The number of halogens is 1. The molecule has 0 bridgehead atoms. The summed E-state index contributed by atoms with van der Waals surface area (Å²) in [5, 5.41) is 3.34. The highest BCUT2D eigenvalue weighted by atomic mass is 35.5. The average Bonchev–Trinajstić information content (AvgIpc) is 3.13. The second-order valence-corrected chi connectivity index (χ2v) is 8.29. The molecule has 0 saturated carbocycles. The molecule has 0 spiro atoms. The minimum Gasteiger partial charge on any atom is -0.444 e. The fourth-order valence-corrected chi connectivity index (χ4v) is 3.39. The van der Waals surface area contributed by atoms with Crippen molar-refractivity contribution < 1.29 is 14.3 Å². The second kappa shape index (κ2) is 8.23. The number of nitrogens with zero attached hydrogens (tertiary/aromatic N) is 1. The zero-order chi connectivity index (χ0) is 20.3. The number of amides is 2. The molecule has 2 aromatic rings. The molecule has 1 aliphatic heterocycles. The number of nitrogens with one attached hydrogen (secondary N) is 1. The summed E-state index contributed by atoms with van der Waals surface area (Å²) < 4.78 is 5.43. The van der Waals surface area contributed by atoms with E-state index in [1.54, 1.807) is 6.07 Å². The van der Waals surface area contributed by atoms with Crippen LogP contribution in [0.5, 0.6) is 0 Å². The topological polar surface area (TPSA) is 58.6 Å². The van der Waals surface area contributed by atoms with Gasteiger partial charge in [-0.15, -0.1) is 0 Å². The third kappa shape index (κ3) is 4.84. The minimum atomic E-state index is -0.603. The van der Waals surface area contributed by atoms with E-state index >= 15 is 0 Å². The quantitative estimate of drug-likeness (QED) is 0.755. The maximum absolute atomic E-state index is 12.9. The molecule has 1 unspecified atom stereocenters. The molecule has 1 aliphatic rings. The van der Waals surface area contributed by atoms with Crippen LogP contribution < -0.4 is 5.32 Å². The molecule has 1 atom stereocenters. The zero-order valence-corrected chi connectivity index (χ0v) is 17.1. The van der Waals surface area contributed by atoms with Crippen molar-refractivity contribution in [3.05, 3.63) is 53.6 Å². The van der Waals surface area contributed by atoms with Crippen molar-refractivity contribution in [3.8, 4) is 11.1 Å². The number of rotatable bonds is 3. The largest absolute Gasteiger partial charge is 0.444 e. The Bertz CT molecular complexity index is 862. The molecule has 1 N–H and O–H groups in total. The van der Waals surface area contributed by atoms with E-state index in [9.17, 15) is 9.59 Å². The van der Waals surface area contributed by atoms with Gasteiger partial charge in [0.1, 0.15) is 11.6 Å². The Labute approximate surface area is 170 Å². The zero-order valence-electron chi connectivity index (χ0n) is 16.4. The van der Waals surface area contributed by atoms with Gasteiger partial charge in [0.25, 0.3) is 0 Å². The van der Waals surface area contributed by atoms with Gasteiger partial charge < -0.3 is 10.1 Å². The van der Waals surface area contributed by atoms with Crippen molar-refractivity contribution in [3.63, 3.8) is 0 Å². The SMILES string of the molecule is CC(C)(C)OC(=O)N1CCCC1C(=O)Nc1cc(-c2ccccc2)ccc1Cl. The highest BCUT2D eigenvalue weighted by Gasteiger charge is 2.36. The predicted molar refractivity (Wildman–Crippen MR) is 111 cm³/mol. The van der Waals surface area contributed by atoms with E-state index in [1.165, 1.54) is 4.90 Å². The Balaban J connectivity index is 1.76. The fourth-order valence-electron chi connectivity index (χ4n) is 3.23. The maximum Gasteiger partial charge on any atom is 0.410 e. The molecular weight excluding hydrogens is 376 g/mol. The Hall–Kier alpha value is -2.53. The van der Waals surface area contributed by atoms with Crippen LogP contribution in [0.25, 0.3) is 11.1 Å². The average molecular weight is 401 g/mol. The van der Waals surface area contributed by atoms with E-state index in [-0.39, 0.29) is 5.91 Å². The summed E-state index contributed by atoms with van der Waals surface area (Å²) in [5.41, 5.74) is 1.92. The Morgan fingerprint density at radius 3 is 2.50 bits per heavy atom. The van der Waals surface area contributed by atoms with E-state index < -0.39 is 17.7 Å². The normalized spacial score (nSPS) is 16.7. The van der Waals surface area contributed by atoms with Gasteiger partial charge in [-0.05, 0) is 56.9 Å². The van der Waals surface area contributed by atoms with Gasteiger partial charge in [-0.3, -0.25) is 9.69 Å². The summed E-state index contributed by atoms with van der Waals surface area (Å²) in [6, 6.07) is 14.8. The molecule has 1 heterocycles. The van der Waals surface area contributed by atoms with E-state index in [4.69, 9.17) is 16.3 Å². The lowest BCUT2D eigenvalue weighted by atomic mass is 10.1. The monoisotopic (exact) mass is 400 g/mol. The number of hydrogen-bond acceptors (Lipinski definition) is 3. The van der Waals surface area contributed by atoms with Crippen molar-refractivity contribution in [2.24, 2.45) is 0 Å². The lowest BCUT2D eigenvalue weighted by Crippen LogP contribution is -2.45. The first-order valence-electron chi connectivity index (χ1n) is 9.40. The first-order chi connectivity index (χ1) is 13.2. The number of anilines is 1. The van der Waals surface area contributed by atoms with Crippen molar-refractivity contribution in [2.45, 2.75) is 45.3 Å². The van der Waals surface area contributed by atoms with Gasteiger partial charge in [0, 0.05) is 6.54 Å². The van der Waals surface area contributed by atoms with Crippen molar-refractivity contribution in [1.29, 1.82) is 0 Å². The highest BCUT2D eigenvalue weighted by Crippen LogP contribution is 2.30. The molecule has 148 valence electrons. The van der Waals surface area contributed by atoms with Crippen molar-refractivity contribution in [2.75, 3.05) is 11.9 Å². The Morgan fingerprint density at radius 1 is 1.11 bits per heavy atom. The summed E-state index contributed by atoms with van der Waals surface area (Å²) in [6.07, 6.45) is 0.894. The Kier molecular flexibility index (Phi) is 5.94. The first-order valence-corrected chi connectivity index (χ1v) is 9.78. The number of likely N-dealkylation sites (tertiary alicyclic amines) is 1. The van der Waals surface area contributed by atoms with E-state index in [0.717, 1.165) is 17.5 Å². The van der Waals surface area contributed by atoms with Crippen LogP contribution in [0.1, 0.15) is 33.6 Å². The van der Waals surface area contributed by atoms with Gasteiger partial charge in [-0.25, -0.2) is 4.79 Å². The summed E-state index contributed by atoms with van der Waals surface area (Å²) in [5.74, 6) is -0.254. The van der Waals surface area contributed by atoms with E-state index in [1.807, 2.05) is 63.2 Å². The highest BCUT2D eigenvalue weighted by molar-refractivity contribution is 6.33. The van der Waals surface area contributed by atoms with Gasteiger partial charge in [0.05, 0.1) is 10.7 Å². The van der Waals surface area contributed by atoms with Crippen LogP contribution in [0.2, 0.25) is 5.02 Å². The molecule has 3 rings (SSSR count). The molecular formula is C22H25ClN2O3. The molecule has 0 aliphatic carbocycles. The number of carbonyl (C=O) groups is 2. The van der Waals surface area contributed by atoms with Gasteiger partial charge in [0.15, 0.2) is 0 Å². The van der Waals surface area contributed by atoms with Crippen LogP contribution in [0.4, 0.5) is 10.5 Å². The van der Waals surface area contributed by atoms with Crippen LogP contribution in [-0.2, 0) is 9.53 Å². The molecule has 1 fully saturated rings. The van der Waals surface area contributed by atoms with Gasteiger partial charge >= 0.3 is 6.09 Å². The lowest BCUT2D eigenvalue weighted by molar-refractivity contribution is -0.120. The Morgan fingerprint density at radius 2 is 1.82 bits per heavy atom. The maximum atomic E-state index is 12.9. The molecule has 5 nitrogen and oxygen atoms in total. The van der Waals surface area contributed by atoms with Crippen LogP contribution in [0.15, 0.2) is 48.5 Å². The summed E-state index contributed by atoms with van der Waals surface area (Å²) in [7, 11) is 0. The standard InChI is InChI=1S/C22H25ClN2O3/c1-22(2,3)28-21(27)25-13-7-10-19(25)20(26)24-18-14-16(11-12-17(18)23)15-8-5-4-6-9-15/h4-6,8-9,11-12,14,19H,7,10,13H2,1-3H3,(H,24,26). The van der Waals surface area contributed by atoms with E-state index in [0.29, 0.717) is 23.7 Å². The lowest BCUT2D eigenvalue weighted by Gasteiger charge is -2.28. The molecule has 6 heteroatoms. The number of benzene rings is 2.